The maximum absolute atomic E-state index is 13.0. The molecule has 0 bridgehead atoms. The summed E-state index contributed by atoms with van der Waals surface area (Å²) in [5.41, 5.74) is 3.99. The lowest BCUT2D eigenvalue weighted by molar-refractivity contribution is -0.136. The summed E-state index contributed by atoms with van der Waals surface area (Å²) < 4.78 is 7.34. The van der Waals surface area contributed by atoms with Gasteiger partial charge >= 0.3 is 0 Å². The number of carbonyl (C=O) groups is 3. The Balaban J connectivity index is 1.25. The monoisotopic (exact) mass is 674 g/mol. The summed E-state index contributed by atoms with van der Waals surface area (Å²) in [6.07, 6.45) is 2.40. The fraction of sp³-hybridized carbons (Fsp3) is 0.179. The maximum atomic E-state index is 13.0. The van der Waals surface area contributed by atoms with Gasteiger partial charge in [-0.2, -0.15) is 0 Å². The minimum absolute atomic E-state index is 0.240. The summed E-state index contributed by atoms with van der Waals surface area (Å²) in [7, 11) is 0. The molecule has 3 amide bonds. The molecule has 5 rings (SSSR count). The summed E-state index contributed by atoms with van der Waals surface area (Å²) >= 11 is 13.8. The number of halogens is 3. The van der Waals surface area contributed by atoms with E-state index in [1.807, 2.05) is 42.5 Å². The van der Waals surface area contributed by atoms with Gasteiger partial charge in [-0.3, -0.25) is 19.3 Å². The van der Waals surface area contributed by atoms with E-state index in [0.29, 0.717) is 45.0 Å². The summed E-state index contributed by atoms with van der Waals surface area (Å²) in [6, 6.07) is 19.0. The van der Waals surface area contributed by atoms with Gasteiger partial charge in [0.2, 0.25) is 5.91 Å². The van der Waals surface area contributed by atoms with Gasteiger partial charge in [0.25, 0.3) is 11.1 Å². The lowest BCUT2D eigenvalue weighted by Gasteiger charge is -2.29. The highest BCUT2D eigenvalue weighted by molar-refractivity contribution is 9.11. The highest BCUT2D eigenvalue weighted by Gasteiger charge is 2.37. The molecule has 0 spiro atoms. The molecular formula is C28H21Br2ClN2O4S. The number of fused-ring (bicyclic) bond motifs is 1. The second-order valence-electron chi connectivity index (χ2n) is 8.83. The Morgan fingerprint density at radius 2 is 1.71 bits per heavy atom. The van der Waals surface area contributed by atoms with Crippen LogP contribution < -0.4 is 4.74 Å². The van der Waals surface area contributed by atoms with E-state index in [0.717, 1.165) is 34.2 Å². The summed E-state index contributed by atoms with van der Waals surface area (Å²) in [5, 5.41) is 0.208. The number of imide groups is 1. The van der Waals surface area contributed by atoms with Crippen molar-refractivity contribution in [1.29, 1.82) is 0 Å². The number of hydrogen-bond acceptors (Lipinski definition) is 5. The van der Waals surface area contributed by atoms with Crippen LogP contribution in [-0.2, 0) is 29.2 Å². The smallest absolute Gasteiger partial charge is 0.294 e. The third kappa shape index (κ3) is 6.01. The standard InChI is InChI=1S/C28H21Br2ClN2O4S/c29-22-11-18(12-23(30)26(22)37-16-17-5-7-21(31)8-6-17)13-24-27(35)33(28(36)38-24)15-25(34)32-10-9-19-3-1-2-4-20(19)14-32/h1-8,11-13H,9-10,14-16H2/b24-13+. The molecule has 3 aromatic carbocycles. The largest absolute Gasteiger partial charge is 0.487 e. The van der Waals surface area contributed by atoms with Crippen LogP contribution >= 0.6 is 55.2 Å². The van der Waals surface area contributed by atoms with E-state index < -0.39 is 11.1 Å². The van der Waals surface area contributed by atoms with Crippen molar-refractivity contribution in [1.82, 2.24) is 9.80 Å². The first kappa shape index (κ1) is 27.0. The molecule has 10 heteroatoms. The summed E-state index contributed by atoms with van der Waals surface area (Å²) in [5.74, 6) is -0.101. The predicted octanol–water partition coefficient (Wildman–Crippen LogP) is 7.07. The van der Waals surface area contributed by atoms with Gasteiger partial charge in [0.05, 0.1) is 13.9 Å². The van der Waals surface area contributed by atoms with Crippen molar-refractivity contribution >= 4 is 78.4 Å². The van der Waals surface area contributed by atoms with E-state index in [4.69, 9.17) is 16.3 Å². The third-order valence-electron chi connectivity index (χ3n) is 6.27. The van der Waals surface area contributed by atoms with Crippen molar-refractivity contribution in [2.24, 2.45) is 0 Å². The van der Waals surface area contributed by atoms with Crippen molar-refractivity contribution in [3.63, 3.8) is 0 Å². The van der Waals surface area contributed by atoms with Gasteiger partial charge in [-0.25, -0.2) is 0 Å². The molecule has 3 aromatic rings. The van der Waals surface area contributed by atoms with Gasteiger partial charge in [0.15, 0.2) is 0 Å². The average Bonchev–Trinajstić information content (AvgIpc) is 3.16. The minimum Gasteiger partial charge on any atom is -0.487 e. The van der Waals surface area contributed by atoms with Crippen LogP contribution in [0.2, 0.25) is 5.02 Å². The van der Waals surface area contributed by atoms with Crippen LogP contribution in [-0.4, -0.2) is 39.9 Å². The van der Waals surface area contributed by atoms with Crippen LogP contribution in [0, 0.1) is 0 Å². The molecule has 0 radical (unpaired) electrons. The predicted molar refractivity (Wildman–Crippen MR) is 156 cm³/mol. The Morgan fingerprint density at radius 1 is 1.03 bits per heavy atom. The Kier molecular flexibility index (Phi) is 8.28. The van der Waals surface area contributed by atoms with E-state index in [2.05, 4.69) is 37.9 Å². The normalized spacial score (nSPS) is 16.2. The van der Waals surface area contributed by atoms with Crippen LogP contribution in [0.15, 0.2) is 74.5 Å². The number of thioether (sulfide) groups is 1. The van der Waals surface area contributed by atoms with Crippen molar-refractivity contribution < 1.29 is 19.1 Å². The van der Waals surface area contributed by atoms with Gasteiger partial charge in [0, 0.05) is 18.1 Å². The molecule has 0 N–H and O–H groups in total. The number of benzene rings is 3. The number of rotatable bonds is 6. The number of ether oxygens (including phenoxy) is 1. The molecule has 2 aliphatic rings. The second-order valence-corrected chi connectivity index (χ2v) is 12.0. The lowest BCUT2D eigenvalue weighted by Crippen LogP contribution is -2.44. The van der Waals surface area contributed by atoms with E-state index in [1.54, 1.807) is 23.1 Å². The van der Waals surface area contributed by atoms with E-state index >= 15 is 0 Å². The van der Waals surface area contributed by atoms with Crippen LogP contribution in [0.5, 0.6) is 5.75 Å². The lowest BCUT2D eigenvalue weighted by atomic mass is 10.00. The molecule has 38 heavy (non-hydrogen) atoms. The third-order valence-corrected chi connectivity index (χ3v) is 8.60. The molecule has 0 saturated carbocycles. The van der Waals surface area contributed by atoms with Crippen molar-refractivity contribution in [3.05, 3.63) is 102 Å². The first-order chi connectivity index (χ1) is 18.3. The molecular weight excluding hydrogens is 656 g/mol. The minimum atomic E-state index is -0.471. The molecule has 0 aromatic heterocycles. The molecule has 6 nitrogen and oxygen atoms in total. The zero-order valence-corrected chi connectivity index (χ0v) is 24.7. The molecule has 2 aliphatic heterocycles. The molecule has 2 heterocycles. The molecule has 0 aliphatic carbocycles. The highest BCUT2D eigenvalue weighted by atomic mass is 79.9. The molecule has 0 unspecified atom stereocenters. The fourth-order valence-corrected chi connectivity index (χ4v) is 6.68. The fourth-order valence-electron chi connectivity index (χ4n) is 4.27. The Bertz CT molecular complexity index is 1440. The zero-order chi connectivity index (χ0) is 26.8. The topological polar surface area (TPSA) is 66.9 Å². The number of nitrogens with zero attached hydrogens (tertiary/aromatic N) is 2. The van der Waals surface area contributed by atoms with Crippen LogP contribution in [0.25, 0.3) is 6.08 Å². The number of amides is 3. The van der Waals surface area contributed by atoms with E-state index in [-0.39, 0.29) is 17.4 Å². The average molecular weight is 677 g/mol. The van der Waals surface area contributed by atoms with Gasteiger partial charge in [-0.15, -0.1) is 0 Å². The number of hydrogen-bond donors (Lipinski definition) is 0. The van der Waals surface area contributed by atoms with Crippen molar-refractivity contribution in [2.45, 2.75) is 19.6 Å². The Morgan fingerprint density at radius 3 is 2.42 bits per heavy atom. The SMILES string of the molecule is O=C(CN1C(=O)S/C(=C/c2cc(Br)c(OCc3ccc(Cl)cc3)c(Br)c2)C1=O)N1CCc2ccccc2C1. The first-order valence-corrected chi connectivity index (χ1v) is 14.5. The van der Waals surface area contributed by atoms with E-state index in [9.17, 15) is 14.4 Å². The highest BCUT2D eigenvalue weighted by Crippen LogP contribution is 2.38. The van der Waals surface area contributed by atoms with Crippen LogP contribution in [0.1, 0.15) is 22.3 Å². The van der Waals surface area contributed by atoms with Gasteiger partial charge in [0.1, 0.15) is 18.9 Å². The Labute approximate surface area is 246 Å². The maximum Gasteiger partial charge on any atom is 0.294 e. The number of carbonyl (C=O) groups excluding carboxylic acids is 3. The van der Waals surface area contributed by atoms with Crippen molar-refractivity contribution in [2.75, 3.05) is 13.1 Å². The first-order valence-electron chi connectivity index (χ1n) is 11.7. The van der Waals surface area contributed by atoms with Gasteiger partial charge in [-0.05, 0) is 103 Å². The summed E-state index contributed by atoms with van der Waals surface area (Å²) in [4.78, 5) is 41.6. The van der Waals surface area contributed by atoms with Crippen molar-refractivity contribution in [3.8, 4) is 5.75 Å². The van der Waals surface area contributed by atoms with Crippen LogP contribution in [0.4, 0.5) is 4.79 Å². The molecule has 1 saturated heterocycles. The van der Waals surface area contributed by atoms with E-state index in [1.165, 1.54) is 5.56 Å². The quantitative estimate of drug-likeness (QED) is 0.262. The second kappa shape index (κ2) is 11.7. The molecule has 194 valence electrons. The van der Waals surface area contributed by atoms with Gasteiger partial charge in [-0.1, -0.05) is 48.0 Å². The molecule has 1 fully saturated rings. The van der Waals surface area contributed by atoms with Crippen LogP contribution in [0.3, 0.4) is 0 Å². The van der Waals surface area contributed by atoms with Gasteiger partial charge < -0.3 is 9.64 Å². The Hall–Kier alpha value is -2.59. The zero-order valence-electron chi connectivity index (χ0n) is 20.0. The molecule has 0 atom stereocenters. The summed E-state index contributed by atoms with van der Waals surface area (Å²) in [6.45, 7) is 1.13.